The van der Waals surface area contributed by atoms with Gasteiger partial charge in [0, 0.05) is 13.1 Å². The van der Waals surface area contributed by atoms with Gasteiger partial charge in [0.1, 0.15) is 5.82 Å². The molecule has 5 nitrogen and oxygen atoms in total. The van der Waals surface area contributed by atoms with Crippen LogP contribution < -0.4 is 10.6 Å². The standard InChI is InChI=1S/C17H15ClFN3O2/c18-14-6-5-13(7-15(14)19)16(23)10-22-17(24)21-9-12-3-1-11(8-20)2-4-12/h1-7,16,23H,9-10H2,(H2,21,22,24)/t16-/m1/s1. The highest BCUT2D eigenvalue weighted by atomic mass is 35.5. The van der Waals surface area contributed by atoms with E-state index in [1.165, 1.54) is 12.1 Å². The zero-order valence-electron chi connectivity index (χ0n) is 12.6. The molecule has 2 aromatic rings. The molecule has 1 atom stereocenters. The molecule has 2 rings (SSSR count). The van der Waals surface area contributed by atoms with Gasteiger partial charge in [0.25, 0.3) is 0 Å². The van der Waals surface area contributed by atoms with Crippen LogP contribution in [0.4, 0.5) is 9.18 Å². The van der Waals surface area contributed by atoms with E-state index in [0.717, 1.165) is 11.6 Å². The summed E-state index contributed by atoms with van der Waals surface area (Å²) < 4.78 is 13.3. The van der Waals surface area contributed by atoms with Crippen molar-refractivity contribution in [3.05, 3.63) is 70.0 Å². The number of carbonyl (C=O) groups is 1. The molecule has 2 aromatic carbocycles. The lowest BCUT2D eigenvalue weighted by Crippen LogP contribution is -2.37. The first-order chi connectivity index (χ1) is 11.5. The number of nitriles is 1. The number of halogens is 2. The molecule has 0 aliphatic carbocycles. The van der Waals surface area contributed by atoms with Crippen LogP contribution in [0.3, 0.4) is 0 Å². The van der Waals surface area contributed by atoms with Gasteiger partial charge < -0.3 is 15.7 Å². The quantitative estimate of drug-likeness (QED) is 0.777. The van der Waals surface area contributed by atoms with Crippen LogP contribution in [0.25, 0.3) is 0 Å². The van der Waals surface area contributed by atoms with Crippen molar-refractivity contribution in [3.8, 4) is 6.07 Å². The molecule has 0 saturated carbocycles. The number of carbonyl (C=O) groups excluding carboxylic acids is 1. The second kappa shape index (κ2) is 8.29. The summed E-state index contributed by atoms with van der Waals surface area (Å²) in [6.45, 7) is 0.212. The third-order valence-corrected chi connectivity index (χ3v) is 3.63. The van der Waals surface area contributed by atoms with Gasteiger partial charge in [0.05, 0.1) is 22.8 Å². The number of aliphatic hydroxyl groups excluding tert-OH is 1. The fraction of sp³-hybridized carbons (Fsp3) is 0.176. The van der Waals surface area contributed by atoms with E-state index < -0.39 is 18.0 Å². The van der Waals surface area contributed by atoms with E-state index in [1.54, 1.807) is 24.3 Å². The Balaban J connectivity index is 1.79. The summed E-state index contributed by atoms with van der Waals surface area (Å²) in [5.74, 6) is -0.626. The third-order valence-electron chi connectivity index (χ3n) is 3.32. The Kier molecular flexibility index (Phi) is 6.13. The summed E-state index contributed by atoms with van der Waals surface area (Å²) in [5.41, 5.74) is 1.70. The Hall–Kier alpha value is -2.62. The molecule has 124 valence electrons. The molecule has 0 fully saturated rings. The van der Waals surface area contributed by atoms with E-state index in [4.69, 9.17) is 16.9 Å². The van der Waals surface area contributed by atoms with Gasteiger partial charge in [-0.1, -0.05) is 29.8 Å². The molecule has 2 amide bonds. The number of amides is 2. The van der Waals surface area contributed by atoms with E-state index in [2.05, 4.69) is 10.6 Å². The van der Waals surface area contributed by atoms with Crippen LogP contribution in [0.15, 0.2) is 42.5 Å². The number of nitrogens with zero attached hydrogens (tertiary/aromatic N) is 1. The lowest BCUT2D eigenvalue weighted by Gasteiger charge is -2.13. The lowest BCUT2D eigenvalue weighted by molar-refractivity contribution is 0.172. The van der Waals surface area contributed by atoms with Crippen LogP contribution >= 0.6 is 11.6 Å². The molecule has 0 heterocycles. The van der Waals surface area contributed by atoms with Crippen molar-refractivity contribution in [2.45, 2.75) is 12.6 Å². The van der Waals surface area contributed by atoms with E-state index >= 15 is 0 Å². The van der Waals surface area contributed by atoms with Gasteiger partial charge in [-0.3, -0.25) is 0 Å². The van der Waals surface area contributed by atoms with Crippen LogP contribution in [0.1, 0.15) is 22.8 Å². The van der Waals surface area contributed by atoms with Crippen LogP contribution in [0, 0.1) is 17.1 Å². The maximum absolute atomic E-state index is 13.3. The van der Waals surface area contributed by atoms with Crippen molar-refractivity contribution in [3.63, 3.8) is 0 Å². The molecule has 0 aromatic heterocycles. The van der Waals surface area contributed by atoms with Crippen LogP contribution in [-0.2, 0) is 6.54 Å². The second-order valence-electron chi connectivity index (χ2n) is 5.06. The van der Waals surface area contributed by atoms with Gasteiger partial charge >= 0.3 is 6.03 Å². The Bertz CT molecular complexity index is 759. The van der Waals surface area contributed by atoms with Gasteiger partial charge in [-0.15, -0.1) is 0 Å². The minimum absolute atomic E-state index is 0.0286. The van der Waals surface area contributed by atoms with Gasteiger partial charge in [0.15, 0.2) is 0 Å². The number of hydrogen-bond acceptors (Lipinski definition) is 3. The topological polar surface area (TPSA) is 85.2 Å². The van der Waals surface area contributed by atoms with Crippen molar-refractivity contribution in [2.24, 2.45) is 0 Å². The number of urea groups is 1. The molecule has 0 aliphatic heterocycles. The molecule has 0 aliphatic rings. The van der Waals surface area contributed by atoms with Crippen LogP contribution in [0.2, 0.25) is 5.02 Å². The lowest BCUT2D eigenvalue weighted by atomic mass is 10.1. The molecule has 24 heavy (non-hydrogen) atoms. The monoisotopic (exact) mass is 347 g/mol. The van der Waals surface area contributed by atoms with Crippen molar-refractivity contribution in [2.75, 3.05) is 6.54 Å². The highest BCUT2D eigenvalue weighted by molar-refractivity contribution is 6.30. The predicted molar refractivity (Wildman–Crippen MR) is 87.8 cm³/mol. The fourth-order valence-electron chi connectivity index (χ4n) is 1.97. The maximum atomic E-state index is 13.3. The van der Waals surface area contributed by atoms with Crippen molar-refractivity contribution in [1.82, 2.24) is 10.6 Å². The zero-order chi connectivity index (χ0) is 17.5. The maximum Gasteiger partial charge on any atom is 0.315 e. The number of nitrogens with one attached hydrogen (secondary N) is 2. The number of aliphatic hydroxyl groups is 1. The third kappa shape index (κ3) is 4.95. The van der Waals surface area contributed by atoms with Crippen LogP contribution in [-0.4, -0.2) is 17.7 Å². The van der Waals surface area contributed by atoms with Gasteiger partial charge in [-0.05, 0) is 35.4 Å². The summed E-state index contributed by atoms with van der Waals surface area (Å²) in [7, 11) is 0. The fourth-order valence-corrected chi connectivity index (χ4v) is 2.09. The van der Waals surface area contributed by atoms with Crippen LogP contribution in [0.5, 0.6) is 0 Å². The number of benzene rings is 2. The molecule has 3 N–H and O–H groups in total. The number of rotatable bonds is 5. The Morgan fingerprint density at radius 3 is 2.58 bits per heavy atom. The van der Waals surface area contributed by atoms with Crippen molar-refractivity contribution < 1.29 is 14.3 Å². The Labute approximate surface area is 143 Å². The molecule has 0 bridgehead atoms. The van der Waals surface area contributed by atoms with Crippen molar-refractivity contribution >= 4 is 17.6 Å². The summed E-state index contributed by atoms with van der Waals surface area (Å²) in [4.78, 5) is 11.7. The molecular weight excluding hydrogens is 333 g/mol. The molecule has 0 spiro atoms. The molecule has 0 unspecified atom stereocenters. The van der Waals surface area contributed by atoms with E-state index in [9.17, 15) is 14.3 Å². The van der Waals surface area contributed by atoms with Gasteiger partial charge in [-0.25, -0.2) is 9.18 Å². The first kappa shape index (κ1) is 17.7. The zero-order valence-corrected chi connectivity index (χ0v) is 13.3. The van der Waals surface area contributed by atoms with Gasteiger partial charge in [-0.2, -0.15) is 5.26 Å². The average Bonchev–Trinajstić information content (AvgIpc) is 2.60. The van der Waals surface area contributed by atoms with E-state index in [0.29, 0.717) is 11.1 Å². The van der Waals surface area contributed by atoms with E-state index in [1.807, 2.05) is 6.07 Å². The Morgan fingerprint density at radius 2 is 1.96 bits per heavy atom. The second-order valence-corrected chi connectivity index (χ2v) is 5.47. The largest absolute Gasteiger partial charge is 0.387 e. The first-order valence-corrected chi connectivity index (χ1v) is 7.51. The molecule has 0 saturated heterocycles. The molecule has 0 radical (unpaired) electrons. The highest BCUT2D eigenvalue weighted by Crippen LogP contribution is 2.19. The highest BCUT2D eigenvalue weighted by Gasteiger charge is 2.11. The van der Waals surface area contributed by atoms with E-state index in [-0.39, 0.29) is 18.1 Å². The summed E-state index contributed by atoms with van der Waals surface area (Å²) in [6, 6.07) is 12.3. The normalized spacial score (nSPS) is 11.4. The minimum Gasteiger partial charge on any atom is -0.387 e. The molecular formula is C17H15ClFN3O2. The smallest absolute Gasteiger partial charge is 0.315 e. The summed E-state index contributed by atoms with van der Waals surface area (Å²) >= 11 is 5.58. The summed E-state index contributed by atoms with van der Waals surface area (Å²) in [6.07, 6.45) is -1.04. The average molecular weight is 348 g/mol. The Morgan fingerprint density at radius 1 is 1.25 bits per heavy atom. The SMILES string of the molecule is N#Cc1ccc(CNC(=O)NC[C@@H](O)c2ccc(Cl)c(F)c2)cc1. The first-order valence-electron chi connectivity index (χ1n) is 7.13. The number of hydrogen-bond donors (Lipinski definition) is 3. The molecule has 7 heteroatoms. The summed E-state index contributed by atoms with van der Waals surface area (Å²) in [5, 5.41) is 23.8. The van der Waals surface area contributed by atoms with Crippen molar-refractivity contribution in [1.29, 1.82) is 5.26 Å². The van der Waals surface area contributed by atoms with Gasteiger partial charge in [0.2, 0.25) is 0 Å². The minimum atomic E-state index is -1.04. The predicted octanol–water partition coefficient (Wildman–Crippen LogP) is 2.88.